The monoisotopic (exact) mass is 265 g/mol. The molecule has 6 nitrogen and oxygen atoms in total. The molecule has 3 N–H and O–H groups in total. The number of carbonyl (C=O) groups is 1. The van der Waals surface area contributed by atoms with Crippen LogP contribution in [0.5, 0.6) is 0 Å². The molecule has 1 saturated heterocycles. The van der Waals surface area contributed by atoms with Gasteiger partial charge in [0.25, 0.3) is 5.91 Å². The van der Waals surface area contributed by atoms with Crippen LogP contribution in [0.1, 0.15) is 30.8 Å². The van der Waals surface area contributed by atoms with Crippen molar-refractivity contribution < 1.29 is 4.79 Å². The Hall–Kier alpha value is -1.56. The standard InChI is InChI=1S/C13H23N5O/c1-10(2)3-4-17-5-7-18(8-6-17)13(19)12-11(14)9-15-16-12/h9-10H,3-8,14H2,1-2H3,(H,15,16). The molecule has 1 fully saturated rings. The third-order valence-electron chi connectivity index (χ3n) is 3.56. The van der Waals surface area contributed by atoms with E-state index in [2.05, 4.69) is 28.9 Å². The zero-order valence-corrected chi connectivity index (χ0v) is 11.7. The first kappa shape index (κ1) is 13.9. The number of rotatable bonds is 4. The number of nitrogen functional groups attached to an aromatic ring is 1. The van der Waals surface area contributed by atoms with Crippen molar-refractivity contribution in [2.24, 2.45) is 5.92 Å². The summed E-state index contributed by atoms with van der Waals surface area (Å²) in [5, 5.41) is 6.47. The second-order valence-electron chi connectivity index (χ2n) is 5.52. The minimum Gasteiger partial charge on any atom is -0.396 e. The smallest absolute Gasteiger partial charge is 0.274 e. The molecule has 0 unspecified atom stereocenters. The second kappa shape index (κ2) is 6.06. The van der Waals surface area contributed by atoms with Gasteiger partial charge in [0.15, 0.2) is 0 Å². The summed E-state index contributed by atoms with van der Waals surface area (Å²) in [4.78, 5) is 16.5. The molecule has 6 heteroatoms. The Kier molecular flexibility index (Phi) is 4.42. The number of hydrogen-bond donors (Lipinski definition) is 2. The Labute approximate surface area is 113 Å². The Bertz CT molecular complexity index is 420. The lowest BCUT2D eigenvalue weighted by Gasteiger charge is -2.34. The number of aromatic nitrogens is 2. The van der Waals surface area contributed by atoms with Gasteiger partial charge in [-0.15, -0.1) is 0 Å². The predicted molar refractivity (Wildman–Crippen MR) is 74.8 cm³/mol. The first-order valence-electron chi connectivity index (χ1n) is 6.88. The maximum Gasteiger partial charge on any atom is 0.274 e. The van der Waals surface area contributed by atoms with E-state index in [1.54, 1.807) is 0 Å². The van der Waals surface area contributed by atoms with Crippen molar-refractivity contribution in [2.75, 3.05) is 38.5 Å². The second-order valence-corrected chi connectivity index (χ2v) is 5.52. The highest BCUT2D eigenvalue weighted by atomic mass is 16.2. The molecule has 106 valence electrons. The quantitative estimate of drug-likeness (QED) is 0.844. The normalized spacial score (nSPS) is 17.1. The van der Waals surface area contributed by atoms with Gasteiger partial charge in [-0.3, -0.25) is 14.8 Å². The van der Waals surface area contributed by atoms with Gasteiger partial charge < -0.3 is 10.6 Å². The molecule has 1 aromatic heterocycles. The molecule has 2 heterocycles. The van der Waals surface area contributed by atoms with E-state index in [0.29, 0.717) is 11.4 Å². The highest BCUT2D eigenvalue weighted by Gasteiger charge is 2.24. The maximum absolute atomic E-state index is 12.2. The largest absolute Gasteiger partial charge is 0.396 e. The summed E-state index contributed by atoms with van der Waals surface area (Å²) in [7, 11) is 0. The first-order chi connectivity index (χ1) is 9.08. The molecule has 2 rings (SSSR count). The summed E-state index contributed by atoms with van der Waals surface area (Å²) >= 11 is 0. The fraction of sp³-hybridized carbons (Fsp3) is 0.692. The number of aromatic amines is 1. The molecule has 0 aliphatic carbocycles. The molecule has 1 aromatic rings. The zero-order valence-electron chi connectivity index (χ0n) is 11.7. The van der Waals surface area contributed by atoms with Crippen LogP contribution in [0.25, 0.3) is 0 Å². The average molecular weight is 265 g/mol. The van der Waals surface area contributed by atoms with Crippen LogP contribution in [0, 0.1) is 5.92 Å². The molecule has 0 spiro atoms. The van der Waals surface area contributed by atoms with E-state index in [1.165, 1.54) is 12.6 Å². The van der Waals surface area contributed by atoms with Gasteiger partial charge in [-0.05, 0) is 18.9 Å². The topological polar surface area (TPSA) is 78.2 Å². The summed E-state index contributed by atoms with van der Waals surface area (Å²) < 4.78 is 0. The molecule has 19 heavy (non-hydrogen) atoms. The van der Waals surface area contributed by atoms with Crippen LogP contribution < -0.4 is 5.73 Å². The lowest BCUT2D eigenvalue weighted by Crippen LogP contribution is -2.49. The van der Waals surface area contributed by atoms with Crippen molar-refractivity contribution in [1.29, 1.82) is 0 Å². The van der Waals surface area contributed by atoms with Gasteiger partial charge in [-0.25, -0.2) is 0 Å². The molecule has 0 saturated carbocycles. The van der Waals surface area contributed by atoms with Crippen molar-refractivity contribution in [3.8, 4) is 0 Å². The predicted octanol–water partition coefficient (Wildman–Crippen LogP) is 0.796. The summed E-state index contributed by atoms with van der Waals surface area (Å²) in [6, 6.07) is 0. The van der Waals surface area contributed by atoms with E-state index < -0.39 is 0 Å². The molecule has 0 aromatic carbocycles. The number of hydrogen-bond acceptors (Lipinski definition) is 4. The van der Waals surface area contributed by atoms with E-state index in [4.69, 9.17) is 5.73 Å². The van der Waals surface area contributed by atoms with Crippen molar-refractivity contribution in [2.45, 2.75) is 20.3 Å². The third-order valence-corrected chi connectivity index (χ3v) is 3.56. The summed E-state index contributed by atoms with van der Waals surface area (Å²) in [5.74, 6) is 0.683. The minimum absolute atomic E-state index is 0.0430. The van der Waals surface area contributed by atoms with Gasteiger partial charge in [-0.2, -0.15) is 5.10 Å². The van der Waals surface area contributed by atoms with Crippen molar-refractivity contribution in [3.05, 3.63) is 11.9 Å². The number of nitrogens with two attached hydrogens (primary N) is 1. The van der Waals surface area contributed by atoms with Gasteiger partial charge in [0.1, 0.15) is 5.69 Å². The SMILES string of the molecule is CC(C)CCN1CCN(C(=O)c2[nH]ncc2N)CC1. The van der Waals surface area contributed by atoms with E-state index in [0.717, 1.165) is 38.6 Å². The number of amides is 1. The van der Waals surface area contributed by atoms with Crippen LogP contribution in [0.3, 0.4) is 0 Å². The molecule has 0 bridgehead atoms. The van der Waals surface area contributed by atoms with Crippen LogP contribution in [-0.2, 0) is 0 Å². The Morgan fingerprint density at radius 3 is 2.63 bits per heavy atom. The van der Waals surface area contributed by atoms with Crippen molar-refractivity contribution >= 4 is 11.6 Å². The fourth-order valence-electron chi connectivity index (χ4n) is 2.24. The van der Waals surface area contributed by atoms with Crippen LogP contribution in [0.15, 0.2) is 6.20 Å². The Morgan fingerprint density at radius 2 is 2.11 bits per heavy atom. The lowest BCUT2D eigenvalue weighted by atomic mass is 10.1. The van der Waals surface area contributed by atoms with E-state index >= 15 is 0 Å². The van der Waals surface area contributed by atoms with Gasteiger partial charge in [0.2, 0.25) is 0 Å². The van der Waals surface area contributed by atoms with Gasteiger partial charge in [0, 0.05) is 26.2 Å². The van der Waals surface area contributed by atoms with Crippen molar-refractivity contribution in [1.82, 2.24) is 20.0 Å². The fourth-order valence-corrected chi connectivity index (χ4v) is 2.24. The number of anilines is 1. The van der Waals surface area contributed by atoms with Gasteiger partial charge in [-0.1, -0.05) is 13.8 Å². The highest BCUT2D eigenvalue weighted by Crippen LogP contribution is 2.12. The number of nitrogens with zero attached hydrogens (tertiary/aromatic N) is 3. The summed E-state index contributed by atoms with van der Waals surface area (Å²) in [6.45, 7) is 8.98. The molecule has 1 aliphatic heterocycles. The highest BCUT2D eigenvalue weighted by molar-refractivity contribution is 5.97. The van der Waals surface area contributed by atoms with Crippen molar-refractivity contribution in [3.63, 3.8) is 0 Å². The molecule has 1 amide bonds. The zero-order chi connectivity index (χ0) is 13.8. The molecule has 0 atom stereocenters. The van der Waals surface area contributed by atoms with Crippen LogP contribution in [-0.4, -0.2) is 58.6 Å². The van der Waals surface area contributed by atoms with Gasteiger partial charge >= 0.3 is 0 Å². The van der Waals surface area contributed by atoms with Crippen LogP contribution >= 0.6 is 0 Å². The lowest BCUT2D eigenvalue weighted by molar-refractivity contribution is 0.0627. The Balaban J connectivity index is 1.83. The first-order valence-corrected chi connectivity index (χ1v) is 6.88. The summed E-state index contributed by atoms with van der Waals surface area (Å²) in [6.07, 6.45) is 2.69. The van der Waals surface area contributed by atoms with Gasteiger partial charge in [0.05, 0.1) is 11.9 Å². The van der Waals surface area contributed by atoms with Crippen LogP contribution in [0.4, 0.5) is 5.69 Å². The number of piperazine rings is 1. The third kappa shape index (κ3) is 3.47. The molecule has 0 radical (unpaired) electrons. The van der Waals surface area contributed by atoms with E-state index in [-0.39, 0.29) is 5.91 Å². The molecular formula is C13H23N5O. The van der Waals surface area contributed by atoms with Crippen LogP contribution in [0.2, 0.25) is 0 Å². The molecule has 1 aliphatic rings. The number of nitrogens with one attached hydrogen (secondary N) is 1. The minimum atomic E-state index is -0.0430. The number of carbonyl (C=O) groups excluding carboxylic acids is 1. The molecular weight excluding hydrogens is 242 g/mol. The maximum atomic E-state index is 12.2. The summed E-state index contributed by atoms with van der Waals surface area (Å²) in [5.41, 5.74) is 6.54. The van der Waals surface area contributed by atoms with E-state index in [1.807, 2.05) is 4.90 Å². The Morgan fingerprint density at radius 1 is 1.42 bits per heavy atom. The average Bonchev–Trinajstić information content (AvgIpc) is 2.82. The number of H-pyrrole nitrogens is 1. The van der Waals surface area contributed by atoms with E-state index in [9.17, 15) is 4.79 Å².